The smallest absolute Gasteiger partial charge is 0.313 e. The molecule has 2 fully saturated rings. The van der Waals surface area contributed by atoms with Crippen LogP contribution in [0.5, 0.6) is 0 Å². The van der Waals surface area contributed by atoms with Crippen molar-refractivity contribution in [3.8, 4) is 0 Å². The lowest BCUT2D eigenvalue weighted by Gasteiger charge is -2.36. The van der Waals surface area contributed by atoms with Crippen molar-refractivity contribution in [2.45, 2.75) is 38.5 Å². The second-order valence-corrected chi connectivity index (χ2v) is 4.91. The third-order valence-electron chi connectivity index (χ3n) is 4.17. The lowest BCUT2D eigenvalue weighted by molar-refractivity contribution is -0.156. The van der Waals surface area contributed by atoms with Gasteiger partial charge in [-0.05, 0) is 31.7 Å². The van der Waals surface area contributed by atoms with E-state index in [4.69, 9.17) is 4.74 Å². The molecule has 1 N–H and O–H groups in total. The lowest BCUT2D eigenvalue weighted by atomic mass is 9.68. The molecule has 0 aromatic carbocycles. The first-order chi connectivity index (χ1) is 7.29. The zero-order chi connectivity index (χ0) is 10.7. The van der Waals surface area contributed by atoms with Gasteiger partial charge in [-0.1, -0.05) is 19.3 Å². The Morgan fingerprint density at radius 2 is 2.07 bits per heavy atom. The second-order valence-electron chi connectivity index (χ2n) is 4.91. The van der Waals surface area contributed by atoms with Crippen molar-refractivity contribution in [3.63, 3.8) is 0 Å². The van der Waals surface area contributed by atoms with E-state index in [1.54, 1.807) is 0 Å². The van der Waals surface area contributed by atoms with Gasteiger partial charge < -0.3 is 10.1 Å². The monoisotopic (exact) mass is 211 g/mol. The molecule has 2 aliphatic rings. The van der Waals surface area contributed by atoms with Crippen LogP contribution >= 0.6 is 0 Å². The average molecular weight is 211 g/mol. The predicted molar refractivity (Wildman–Crippen MR) is 58.5 cm³/mol. The Balaban J connectivity index is 2.13. The SMILES string of the molecule is COC(=O)C1(C2CCCCC2)CCNC1. The first kappa shape index (κ1) is 10.9. The maximum atomic E-state index is 12.0. The standard InChI is InChI=1S/C12H21NO2/c1-15-11(14)12(7-8-13-9-12)10-5-3-2-4-6-10/h10,13H,2-9H2,1H3. The number of carbonyl (C=O) groups is 1. The van der Waals surface area contributed by atoms with Crippen LogP contribution in [0.4, 0.5) is 0 Å². The molecule has 1 heterocycles. The van der Waals surface area contributed by atoms with E-state index in [2.05, 4.69) is 5.32 Å². The highest BCUT2D eigenvalue weighted by atomic mass is 16.5. The van der Waals surface area contributed by atoms with Crippen molar-refractivity contribution in [1.29, 1.82) is 0 Å². The van der Waals surface area contributed by atoms with Crippen LogP contribution in [-0.4, -0.2) is 26.2 Å². The molecule has 0 bridgehead atoms. The van der Waals surface area contributed by atoms with E-state index >= 15 is 0 Å². The van der Waals surface area contributed by atoms with Gasteiger partial charge >= 0.3 is 5.97 Å². The number of nitrogens with one attached hydrogen (secondary N) is 1. The highest BCUT2D eigenvalue weighted by Gasteiger charge is 2.48. The summed E-state index contributed by atoms with van der Waals surface area (Å²) < 4.78 is 5.01. The summed E-state index contributed by atoms with van der Waals surface area (Å²) in [5, 5.41) is 3.32. The largest absolute Gasteiger partial charge is 0.469 e. The van der Waals surface area contributed by atoms with Gasteiger partial charge in [-0.25, -0.2) is 0 Å². The number of esters is 1. The van der Waals surface area contributed by atoms with Gasteiger partial charge in [-0.2, -0.15) is 0 Å². The highest BCUT2D eigenvalue weighted by Crippen LogP contribution is 2.43. The van der Waals surface area contributed by atoms with Gasteiger partial charge in [-0.15, -0.1) is 0 Å². The normalized spacial score (nSPS) is 32.9. The van der Waals surface area contributed by atoms with Crippen molar-refractivity contribution in [2.75, 3.05) is 20.2 Å². The molecule has 0 amide bonds. The quantitative estimate of drug-likeness (QED) is 0.707. The van der Waals surface area contributed by atoms with Gasteiger partial charge in [0.05, 0.1) is 12.5 Å². The van der Waals surface area contributed by atoms with Crippen LogP contribution in [0, 0.1) is 11.3 Å². The van der Waals surface area contributed by atoms with Crippen molar-refractivity contribution in [3.05, 3.63) is 0 Å². The molecule has 2 rings (SSSR count). The molecule has 0 aromatic heterocycles. The van der Waals surface area contributed by atoms with Crippen LogP contribution in [0.25, 0.3) is 0 Å². The first-order valence-corrected chi connectivity index (χ1v) is 6.09. The summed E-state index contributed by atoms with van der Waals surface area (Å²) in [5.74, 6) is 0.563. The van der Waals surface area contributed by atoms with E-state index in [1.165, 1.54) is 39.2 Å². The van der Waals surface area contributed by atoms with Gasteiger partial charge in [0.15, 0.2) is 0 Å². The number of ether oxygens (including phenoxy) is 1. The Bertz CT molecular complexity index is 228. The van der Waals surface area contributed by atoms with E-state index < -0.39 is 0 Å². The molecule has 1 aliphatic heterocycles. The molecule has 0 radical (unpaired) electrons. The van der Waals surface area contributed by atoms with Crippen LogP contribution in [0.15, 0.2) is 0 Å². The third-order valence-corrected chi connectivity index (χ3v) is 4.17. The predicted octanol–water partition coefficient (Wildman–Crippen LogP) is 1.72. The summed E-state index contributed by atoms with van der Waals surface area (Å²) >= 11 is 0. The Labute approximate surface area is 91.6 Å². The Morgan fingerprint density at radius 3 is 2.60 bits per heavy atom. The summed E-state index contributed by atoms with van der Waals surface area (Å²) in [6.45, 7) is 1.79. The van der Waals surface area contributed by atoms with Crippen molar-refractivity contribution in [2.24, 2.45) is 11.3 Å². The minimum atomic E-state index is -0.199. The maximum absolute atomic E-state index is 12.0. The lowest BCUT2D eigenvalue weighted by Crippen LogP contribution is -2.42. The van der Waals surface area contributed by atoms with Crippen LogP contribution in [0.1, 0.15) is 38.5 Å². The van der Waals surface area contributed by atoms with Crippen LogP contribution in [-0.2, 0) is 9.53 Å². The fourth-order valence-electron chi connectivity index (χ4n) is 3.26. The fourth-order valence-corrected chi connectivity index (χ4v) is 3.26. The summed E-state index contributed by atoms with van der Waals surface area (Å²) in [7, 11) is 1.52. The average Bonchev–Trinajstić information content (AvgIpc) is 2.79. The van der Waals surface area contributed by atoms with E-state index in [-0.39, 0.29) is 11.4 Å². The second kappa shape index (κ2) is 4.52. The molecule has 1 unspecified atom stereocenters. The fraction of sp³-hybridized carbons (Fsp3) is 0.917. The van der Waals surface area contributed by atoms with E-state index in [0.717, 1.165) is 19.5 Å². The van der Waals surface area contributed by atoms with Crippen molar-refractivity contribution < 1.29 is 9.53 Å². The molecule has 1 atom stereocenters. The number of hydrogen-bond acceptors (Lipinski definition) is 3. The van der Waals surface area contributed by atoms with E-state index in [1.807, 2.05) is 0 Å². The number of carbonyl (C=O) groups excluding carboxylic acids is 1. The van der Waals surface area contributed by atoms with Gasteiger partial charge in [0.2, 0.25) is 0 Å². The van der Waals surface area contributed by atoms with Gasteiger partial charge in [0.25, 0.3) is 0 Å². The van der Waals surface area contributed by atoms with Crippen LogP contribution in [0.2, 0.25) is 0 Å². The molecule has 15 heavy (non-hydrogen) atoms. The summed E-state index contributed by atoms with van der Waals surface area (Å²) in [5.41, 5.74) is -0.199. The number of methoxy groups -OCH3 is 1. The molecule has 0 aromatic rings. The number of hydrogen-bond donors (Lipinski definition) is 1. The number of rotatable bonds is 2. The summed E-state index contributed by atoms with van der Waals surface area (Å²) in [6.07, 6.45) is 7.27. The van der Waals surface area contributed by atoms with Gasteiger partial charge in [0.1, 0.15) is 0 Å². The molecule has 86 valence electrons. The maximum Gasteiger partial charge on any atom is 0.313 e. The molecule has 3 heteroatoms. The molecule has 3 nitrogen and oxygen atoms in total. The van der Waals surface area contributed by atoms with E-state index in [0.29, 0.717) is 5.92 Å². The Morgan fingerprint density at radius 1 is 1.33 bits per heavy atom. The van der Waals surface area contributed by atoms with Crippen LogP contribution < -0.4 is 5.32 Å². The first-order valence-electron chi connectivity index (χ1n) is 6.09. The molecular weight excluding hydrogens is 190 g/mol. The topological polar surface area (TPSA) is 38.3 Å². The van der Waals surface area contributed by atoms with E-state index in [9.17, 15) is 4.79 Å². The molecule has 0 spiro atoms. The minimum absolute atomic E-state index is 0.0133. The zero-order valence-electron chi connectivity index (χ0n) is 9.55. The molecule has 1 saturated carbocycles. The highest BCUT2D eigenvalue weighted by molar-refractivity contribution is 5.78. The zero-order valence-corrected chi connectivity index (χ0v) is 9.55. The third kappa shape index (κ3) is 1.89. The molecule has 1 saturated heterocycles. The van der Waals surface area contributed by atoms with Gasteiger partial charge in [0, 0.05) is 6.54 Å². The molecule has 1 aliphatic carbocycles. The summed E-state index contributed by atoms with van der Waals surface area (Å²) in [6, 6.07) is 0. The summed E-state index contributed by atoms with van der Waals surface area (Å²) in [4.78, 5) is 12.0. The van der Waals surface area contributed by atoms with Crippen molar-refractivity contribution in [1.82, 2.24) is 5.32 Å². The van der Waals surface area contributed by atoms with Crippen molar-refractivity contribution >= 4 is 5.97 Å². The van der Waals surface area contributed by atoms with Crippen LogP contribution in [0.3, 0.4) is 0 Å². The minimum Gasteiger partial charge on any atom is -0.469 e. The Kier molecular flexibility index (Phi) is 3.29. The Hall–Kier alpha value is -0.570. The van der Waals surface area contributed by atoms with Gasteiger partial charge in [-0.3, -0.25) is 4.79 Å². The molecular formula is C12H21NO2.